The molecule has 0 aliphatic rings. The molecule has 0 saturated heterocycles. The second-order valence-electron chi connectivity index (χ2n) is 4.22. The normalized spacial score (nSPS) is 10.5. The molecule has 0 unspecified atom stereocenters. The predicted molar refractivity (Wildman–Crippen MR) is 62.0 cm³/mol. The number of rotatable bonds is 4. The van der Waals surface area contributed by atoms with Crippen LogP contribution in [0.25, 0.3) is 0 Å². The van der Waals surface area contributed by atoms with Gasteiger partial charge in [-0.1, -0.05) is 13.8 Å². The van der Waals surface area contributed by atoms with E-state index in [2.05, 4.69) is 23.8 Å². The number of nitrogens with zero attached hydrogens (tertiary/aromatic N) is 3. The molecule has 1 heterocycles. The third-order valence-electron chi connectivity index (χ3n) is 1.80. The molecule has 0 N–H and O–H groups in total. The summed E-state index contributed by atoms with van der Waals surface area (Å²) in [7, 11) is 1.91. The van der Waals surface area contributed by atoms with Gasteiger partial charge in [0.1, 0.15) is 0 Å². The lowest BCUT2D eigenvalue weighted by molar-refractivity contribution is 0.244. The molecule has 84 valence electrons. The zero-order valence-electron chi connectivity index (χ0n) is 10.1. The van der Waals surface area contributed by atoms with Crippen LogP contribution in [-0.2, 0) is 7.05 Å². The Balaban J connectivity index is 2.76. The van der Waals surface area contributed by atoms with Crippen LogP contribution in [0.2, 0.25) is 0 Å². The lowest BCUT2D eigenvalue weighted by Gasteiger charge is -2.07. The molecule has 0 spiro atoms. The number of hydrogen-bond donors (Lipinski definition) is 0. The van der Waals surface area contributed by atoms with E-state index >= 15 is 0 Å². The highest BCUT2D eigenvalue weighted by Crippen LogP contribution is 2.18. The Bertz CT molecular complexity index is 349. The largest absolute Gasteiger partial charge is 0.464 e. The van der Waals surface area contributed by atoms with Crippen molar-refractivity contribution in [3.05, 3.63) is 6.20 Å². The molecule has 0 amide bonds. The van der Waals surface area contributed by atoms with Crippen LogP contribution in [0.15, 0.2) is 11.2 Å². The third-order valence-corrected chi connectivity index (χ3v) is 1.80. The van der Waals surface area contributed by atoms with Gasteiger partial charge in [-0.25, -0.2) is 9.98 Å². The minimum absolute atomic E-state index is 0.501. The zero-order chi connectivity index (χ0) is 11.4. The zero-order valence-corrected chi connectivity index (χ0v) is 10.1. The number of hydrogen-bond acceptors (Lipinski definition) is 3. The Morgan fingerprint density at radius 2 is 2.20 bits per heavy atom. The Hall–Kier alpha value is -1.32. The molecular formula is C11H19N3O. The van der Waals surface area contributed by atoms with Crippen molar-refractivity contribution in [2.75, 3.05) is 6.61 Å². The lowest BCUT2D eigenvalue weighted by atomic mass is 10.2. The first-order valence-corrected chi connectivity index (χ1v) is 5.17. The van der Waals surface area contributed by atoms with Crippen LogP contribution in [0, 0.1) is 5.92 Å². The van der Waals surface area contributed by atoms with Crippen molar-refractivity contribution in [3.8, 4) is 6.01 Å². The van der Waals surface area contributed by atoms with E-state index in [0.717, 1.165) is 11.5 Å². The second kappa shape index (κ2) is 4.96. The summed E-state index contributed by atoms with van der Waals surface area (Å²) in [6.07, 6.45) is 1.72. The van der Waals surface area contributed by atoms with E-state index in [0.29, 0.717) is 18.5 Å². The summed E-state index contributed by atoms with van der Waals surface area (Å²) in [6, 6.07) is 0.628. The van der Waals surface area contributed by atoms with Gasteiger partial charge in [0.25, 0.3) is 6.01 Å². The summed E-state index contributed by atoms with van der Waals surface area (Å²) in [5, 5.41) is 0. The van der Waals surface area contributed by atoms with Gasteiger partial charge in [0.15, 0.2) is 5.82 Å². The van der Waals surface area contributed by atoms with Crippen LogP contribution >= 0.6 is 0 Å². The molecule has 1 aromatic heterocycles. The van der Waals surface area contributed by atoms with E-state index in [1.165, 1.54) is 0 Å². The molecule has 4 heteroatoms. The Morgan fingerprint density at radius 3 is 2.73 bits per heavy atom. The van der Waals surface area contributed by atoms with Gasteiger partial charge in [-0.3, -0.25) is 4.57 Å². The molecule has 0 aliphatic heterocycles. The van der Waals surface area contributed by atoms with Gasteiger partial charge in [-0.05, 0) is 19.8 Å². The van der Waals surface area contributed by atoms with E-state index in [1.54, 1.807) is 6.20 Å². The van der Waals surface area contributed by atoms with Gasteiger partial charge < -0.3 is 4.74 Å². The first-order valence-electron chi connectivity index (χ1n) is 5.17. The van der Waals surface area contributed by atoms with E-state index in [9.17, 15) is 0 Å². The average molecular weight is 209 g/mol. The van der Waals surface area contributed by atoms with Crippen LogP contribution in [-0.4, -0.2) is 21.9 Å². The number of ether oxygens (including phenoxy) is 1. The van der Waals surface area contributed by atoms with Crippen molar-refractivity contribution in [2.24, 2.45) is 18.0 Å². The van der Waals surface area contributed by atoms with Crippen LogP contribution in [0.4, 0.5) is 5.82 Å². The Morgan fingerprint density at radius 1 is 1.53 bits per heavy atom. The van der Waals surface area contributed by atoms with E-state index in [-0.39, 0.29) is 0 Å². The summed E-state index contributed by atoms with van der Waals surface area (Å²) in [5.41, 5.74) is 1.01. The Labute approximate surface area is 91.0 Å². The lowest BCUT2D eigenvalue weighted by Crippen LogP contribution is -2.07. The van der Waals surface area contributed by atoms with Gasteiger partial charge >= 0.3 is 0 Å². The Kier molecular flexibility index (Phi) is 3.88. The highest BCUT2D eigenvalue weighted by Gasteiger charge is 2.07. The molecule has 0 aromatic carbocycles. The molecular weight excluding hydrogens is 190 g/mol. The first-order chi connectivity index (χ1) is 7.00. The van der Waals surface area contributed by atoms with E-state index in [4.69, 9.17) is 4.74 Å². The van der Waals surface area contributed by atoms with Crippen LogP contribution in [0.5, 0.6) is 6.01 Å². The van der Waals surface area contributed by atoms with Gasteiger partial charge in [0.2, 0.25) is 0 Å². The molecule has 0 saturated carbocycles. The molecule has 0 radical (unpaired) electrons. The summed E-state index contributed by atoms with van der Waals surface area (Å²) in [5.74, 6) is 1.33. The molecule has 1 rings (SSSR count). The molecule has 4 nitrogen and oxygen atoms in total. The molecule has 0 fully saturated rings. The van der Waals surface area contributed by atoms with E-state index in [1.807, 2.05) is 25.5 Å². The highest BCUT2D eigenvalue weighted by molar-refractivity contribution is 5.81. The van der Waals surface area contributed by atoms with Crippen molar-refractivity contribution in [2.45, 2.75) is 27.7 Å². The third kappa shape index (κ3) is 3.38. The maximum absolute atomic E-state index is 5.54. The molecule has 0 aliphatic carbocycles. The minimum Gasteiger partial charge on any atom is -0.464 e. The fourth-order valence-corrected chi connectivity index (χ4v) is 1.09. The monoisotopic (exact) mass is 209 g/mol. The summed E-state index contributed by atoms with van der Waals surface area (Å²) in [4.78, 5) is 8.52. The van der Waals surface area contributed by atoms with Gasteiger partial charge in [0, 0.05) is 12.8 Å². The molecule has 15 heavy (non-hydrogen) atoms. The summed E-state index contributed by atoms with van der Waals surface area (Å²) >= 11 is 0. The number of imidazole rings is 1. The average Bonchev–Trinajstić information content (AvgIpc) is 2.44. The SMILES string of the molecule is CC(C)=Nc1cnc(OCC(C)C)n1C. The van der Waals surface area contributed by atoms with Crippen molar-refractivity contribution in [3.63, 3.8) is 0 Å². The number of aromatic nitrogens is 2. The number of aliphatic imine (C=N–C) groups is 1. The highest BCUT2D eigenvalue weighted by atomic mass is 16.5. The van der Waals surface area contributed by atoms with Gasteiger partial charge in [-0.15, -0.1) is 0 Å². The van der Waals surface area contributed by atoms with E-state index < -0.39 is 0 Å². The smallest absolute Gasteiger partial charge is 0.297 e. The fraction of sp³-hybridized carbons (Fsp3) is 0.636. The summed E-state index contributed by atoms with van der Waals surface area (Å²) < 4.78 is 7.40. The maximum atomic E-state index is 5.54. The van der Waals surface area contributed by atoms with Gasteiger partial charge in [-0.2, -0.15) is 0 Å². The van der Waals surface area contributed by atoms with Crippen molar-refractivity contribution >= 4 is 11.5 Å². The molecule has 0 atom stereocenters. The topological polar surface area (TPSA) is 39.4 Å². The maximum Gasteiger partial charge on any atom is 0.297 e. The van der Waals surface area contributed by atoms with Crippen molar-refractivity contribution in [1.29, 1.82) is 0 Å². The van der Waals surface area contributed by atoms with Crippen LogP contribution < -0.4 is 4.74 Å². The van der Waals surface area contributed by atoms with Crippen LogP contribution in [0.1, 0.15) is 27.7 Å². The summed E-state index contributed by atoms with van der Waals surface area (Å²) in [6.45, 7) is 8.82. The van der Waals surface area contributed by atoms with Crippen molar-refractivity contribution in [1.82, 2.24) is 9.55 Å². The standard InChI is InChI=1S/C11H19N3O/c1-8(2)7-15-11-12-6-10(14(11)5)13-9(3)4/h6,8H,7H2,1-5H3. The predicted octanol–water partition coefficient (Wildman–Crippen LogP) is 2.57. The molecule has 0 bridgehead atoms. The first kappa shape index (κ1) is 11.8. The van der Waals surface area contributed by atoms with Crippen LogP contribution in [0.3, 0.4) is 0 Å². The second-order valence-corrected chi connectivity index (χ2v) is 4.22. The fourth-order valence-electron chi connectivity index (χ4n) is 1.09. The minimum atomic E-state index is 0.501. The quantitative estimate of drug-likeness (QED) is 0.715. The van der Waals surface area contributed by atoms with Crippen molar-refractivity contribution < 1.29 is 4.74 Å². The molecule has 1 aromatic rings. The van der Waals surface area contributed by atoms with Gasteiger partial charge in [0.05, 0.1) is 12.8 Å².